The monoisotopic (exact) mass is 315 g/mol. The summed E-state index contributed by atoms with van der Waals surface area (Å²) in [6.07, 6.45) is 7.00. The molecule has 4 unspecified atom stereocenters. The second kappa shape index (κ2) is 4.65. The summed E-state index contributed by atoms with van der Waals surface area (Å²) in [7, 11) is 3.51. The first kappa shape index (κ1) is 13.7. The zero-order valence-corrected chi connectivity index (χ0v) is 13.5. The third-order valence-electron chi connectivity index (χ3n) is 6.00. The zero-order chi connectivity index (χ0) is 15.6. The minimum absolute atomic E-state index is 0.0525. The van der Waals surface area contributed by atoms with Gasteiger partial charge in [-0.05, 0) is 24.5 Å². The van der Waals surface area contributed by atoms with E-state index in [1.54, 1.807) is 14.2 Å². The third kappa shape index (κ3) is 1.64. The molecule has 1 aliphatic carbocycles. The van der Waals surface area contributed by atoms with Crippen LogP contribution < -0.4 is 14.2 Å². The summed E-state index contributed by atoms with van der Waals surface area (Å²) >= 11 is 0. The SMILES string of the molecule is COc1c2c(cc3c1OCO3)C13C=CC(OC)CC1N(CC3)C2. The quantitative estimate of drug-likeness (QED) is 0.783. The Morgan fingerprint density at radius 3 is 3.04 bits per heavy atom. The largest absolute Gasteiger partial charge is 0.492 e. The van der Waals surface area contributed by atoms with Crippen molar-refractivity contribution in [3.63, 3.8) is 0 Å². The molecule has 1 aromatic rings. The Hall–Kier alpha value is -1.72. The molecular formula is C18H21NO4. The molecule has 4 aliphatic rings. The van der Waals surface area contributed by atoms with Gasteiger partial charge < -0.3 is 18.9 Å². The zero-order valence-electron chi connectivity index (χ0n) is 13.5. The molecule has 122 valence electrons. The number of hydrogen-bond donors (Lipinski definition) is 0. The average molecular weight is 315 g/mol. The maximum Gasteiger partial charge on any atom is 0.231 e. The van der Waals surface area contributed by atoms with Gasteiger partial charge in [-0.2, -0.15) is 0 Å². The second-order valence-corrected chi connectivity index (χ2v) is 6.82. The van der Waals surface area contributed by atoms with Crippen molar-refractivity contribution in [2.24, 2.45) is 0 Å². The fourth-order valence-electron chi connectivity index (χ4n) is 4.92. The van der Waals surface area contributed by atoms with Crippen LogP contribution in [-0.2, 0) is 16.7 Å². The van der Waals surface area contributed by atoms with Crippen LogP contribution in [0.3, 0.4) is 0 Å². The molecule has 1 aromatic carbocycles. The summed E-state index contributed by atoms with van der Waals surface area (Å²) in [6, 6.07) is 2.68. The molecule has 0 amide bonds. The molecule has 1 fully saturated rings. The van der Waals surface area contributed by atoms with E-state index in [4.69, 9.17) is 18.9 Å². The lowest BCUT2D eigenvalue weighted by atomic mass is 9.66. The number of nitrogens with zero attached hydrogens (tertiary/aromatic N) is 1. The Balaban J connectivity index is 1.73. The second-order valence-electron chi connectivity index (χ2n) is 6.82. The van der Waals surface area contributed by atoms with Crippen LogP contribution in [0.2, 0.25) is 0 Å². The van der Waals surface area contributed by atoms with Crippen LogP contribution in [-0.4, -0.2) is 44.6 Å². The summed E-state index contributed by atoms with van der Waals surface area (Å²) in [6.45, 7) is 2.29. The number of ether oxygens (including phenoxy) is 4. The third-order valence-corrected chi connectivity index (χ3v) is 6.00. The maximum absolute atomic E-state index is 5.72. The van der Waals surface area contributed by atoms with Crippen molar-refractivity contribution in [1.82, 2.24) is 4.90 Å². The van der Waals surface area contributed by atoms with Gasteiger partial charge in [0, 0.05) is 37.2 Å². The minimum atomic E-state index is 0.0525. The van der Waals surface area contributed by atoms with Gasteiger partial charge >= 0.3 is 0 Å². The maximum atomic E-state index is 5.72. The average Bonchev–Trinajstić information content (AvgIpc) is 3.15. The van der Waals surface area contributed by atoms with E-state index in [0.29, 0.717) is 6.04 Å². The van der Waals surface area contributed by atoms with Crippen molar-refractivity contribution in [1.29, 1.82) is 0 Å². The first-order valence-corrected chi connectivity index (χ1v) is 8.23. The summed E-state index contributed by atoms with van der Waals surface area (Å²) in [5.74, 6) is 2.43. The molecule has 2 bridgehead atoms. The number of hydrogen-bond acceptors (Lipinski definition) is 5. The van der Waals surface area contributed by atoms with Gasteiger partial charge in [-0.15, -0.1) is 0 Å². The Morgan fingerprint density at radius 2 is 2.22 bits per heavy atom. The van der Waals surface area contributed by atoms with Crippen molar-refractivity contribution in [2.45, 2.75) is 36.9 Å². The molecule has 0 N–H and O–H groups in total. The number of rotatable bonds is 2. The predicted molar refractivity (Wildman–Crippen MR) is 84.2 cm³/mol. The van der Waals surface area contributed by atoms with Gasteiger partial charge in [-0.25, -0.2) is 0 Å². The molecule has 4 atom stereocenters. The van der Waals surface area contributed by atoms with Crippen molar-refractivity contribution < 1.29 is 18.9 Å². The molecule has 5 rings (SSSR count). The van der Waals surface area contributed by atoms with E-state index in [1.807, 2.05) is 0 Å². The van der Waals surface area contributed by atoms with Crippen LogP contribution in [0.4, 0.5) is 0 Å². The molecule has 3 heterocycles. The molecule has 5 nitrogen and oxygen atoms in total. The van der Waals surface area contributed by atoms with Crippen LogP contribution in [0, 0.1) is 0 Å². The topological polar surface area (TPSA) is 40.2 Å². The highest BCUT2D eigenvalue weighted by atomic mass is 16.7. The normalized spacial score (nSPS) is 35.8. The molecule has 23 heavy (non-hydrogen) atoms. The standard InChI is InChI=1S/C18H21NO4/c1-20-11-3-4-18-5-6-19(15(18)7-11)9-12-13(18)8-14-17(16(12)21-2)23-10-22-14/h3-4,8,11,15H,5-7,9-10H2,1-2H3. The van der Waals surface area contributed by atoms with Gasteiger partial charge in [0.15, 0.2) is 11.5 Å². The summed E-state index contributed by atoms with van der Waals surface area (Å²) in [5.41, 5.74) is 2.66. The number of fused-ring (bicyclic) bond motifs is 2. The van der Waals surface area contributed by atoms with Gasteiger partial charge in [0.1, 0.15) is 0 Å². The van der Waals surface area contributed by atoms with Gasteiger partial charge in [0.2, 0.25) is 12.5 Å². The van der Waals surface area contributed by atoms with Gasteiger partial charge in [0.05, 0.1) is 13.2 Å². The highest BCUT2D eigenvalue weighted by Gasteiger charge is 2.54. The van der Waals surface area contributed by atoms with Crippen molar-refractivity contribution in [3.05, 3.63) is 29.3 Å². The molecule has 1 saturated heterocycles. The van der Waals surface area contributed by atoms with E-state index >= 15 is 0 Å². The molecule has 0 radical (unpaired) electrons. The molecule has 5 heteroatoms. The van der Waals surface area contributed by atoms with Crippen molar-refractivity contribution in [2.75, 3.05) is 27.6 Å². The fourth-order valence-corrected chi connectivity index (χ4v) is 4.92. The highest BCUT2D eigenvalue weighted by molar-refractivity contribution is 5.64. The lowest BCUT2D eigenvalue weighted by Gasteiger charge is -2.46. The first-order chi connectivity index (χ1) is 11.3. The van der Waals surface area contributed by atoms with Crippen LogP contribution in [0.1, 0.15) is 24.0 Å². The first-order valence-electron chi connectivity index (χ1n) is 8.23. The van der Waals surface area contributed by atoms with Crippen LogP contribution >= 0.6 is 0 Å². The van der Waals surface area contributed by atoms with Crippen LogP contribution in [0.15, 0.2) is 18.2 Å². The molecule has 0 spiro atoms. The lowest BCUT2D eigenvalue weighted by Crippen LogP contribution is -2.49. The summed E-state index contributed by atoms with van der Waals surface area (Å²) in [5, 5.41) is 0. The Kier molecular flexibility index (Phi) is 2.77. The molecule has 0 aromatic heterocycles. The highest BCUT2D eigenvalue weighted by Crippen LogP contribution is 2.57. The summed E-state index contributed by atoms with van der Waals surface area (Å²) < 4.78 is 22.6. The lowest BCUT2D eigenvalue weighted by molar-refractivity contribution is 0.0744. The molecular weight excluding hydrogens is 294 g/mol. The van der Waals surface area contributed by atoms with Crippen molar-refractivity contribution in [3.8, 4) is 17.2 Å². The number of methoxy groups -OCH3 is 2. The fraction of sp³-hybridized carbons (Fsp3) is 0.556. The smallest absolute Gasteiger partial charge is 0.231 e. The summed E-state index contributed by atoms with van der Waals surface area (Å²) in [4.78, 5) is 2.57. The van der Waals surface area contributed by atoms with E-state index in [9.17, 15) is 0 Å². The van der Waals surface area contributed by atoms with Gasteiger partial charge in [-0.1, -0.05) is 12.2 Å². The van der Waals surface area contributed by atoms with Crippen molar-refractivity contribution >= 4 is 0 Å². The van der Waals surface area contributed by atoms with Gasteiger partial charge in [0.25, 0.3) is 0 Å². The number of benzene rings is 1. The Labute approximate surface area is 135 Å². The van der Waals surface area contributed by atoms with E-state index < -0.39 is 0 Å². The minimum Gasteiger partial charge on any atom is -0.492 e. The van der Waals surface area contributed by atoms with E-state index in [2.05, 4.69) is 23.1 Å². The molecule has 3 aliphatic heterocycles. The van der Waals surface area contributed by atoms with E-state index in [-0.39, 0.29) is 18.3 Å². The van der Waals surface area contributed by atoms with Gasteiger partial charge in [-0.3, -0.25) is 4.90 Å². The van der Waals surface area contributed by atoms with Crippen LogP contribution in [0.25, 0.3) is 0 Å². The van der Waals surface area contributed by atoms with E-state index in [0.717, 1.165) is 43.2 Å². The Morgan fingerprint density at radius 1 is 1.30 bits per heavy atom. The Bertz CT molecular complexity index is 701. The molecule has 0 saturated carbocycles. The van der Waals surface area contributed by atoms with E-state index in [1.165, 1.54) is 11.1 Å². The predicted octanol–water partition coefficient (Wildman–Crippen LogP) is 2.22. The van der Waals surface area contributed by atoms with Crippen LogP contribution in [0.5, 0.6) is 17.2 Å².